The molecular formula is C21H23N3O2. The van der Waals surface area contributed by atoms with Gasteiger partial charge in [-0.25, -0.2) is 5.43 Å². The molecule has 0 aliphatic heterocycles. The first-order valence-electron chi connectivity index (χ1n) is 8.78. The van der Waals surface area contributed by atoms with Crippen molar-refractivity contribution >= 4 is 23.0 Å². The van der Waals surface area contributed by atoms with E-state index >= 15 is 0 Å². The van der Waals surface area contributed by atoms with Gasteiger partial charge in [-0.3, -0.25) is 4.79 Å². The van der Waals surface area contributed by atoms with E-state index in [-0.39, 0.29) is 12.5 Å². The molecule has 134 valence electrons. The van der Waals surface area contributed by atoms with E-state index < -0.39 is 0 Å². The third kappa shape index (κ3) is 4.11. The van der Waals surface area contributed by atoms with E-state index in [2.05, 4.69) is 29.4 Å². The van der Waals surface area contributed by atoms with Crippen LogP contribution in [-0.4, -0.2) is 23.7 Å². The van der Waals surface area contributed by atoms with Gasteiger partial charge in [-0.1, -0.05) is 50.2 Å². The predicted molar refractivity (Wildman–Crippen MR) is 105 cm³/mol. The molecule has 0 fully saturated rings. The molecule has 1 heterocycles. The molecule has 1 atom stereocenters. The van der Waals surface area contributed by atoms with Crippen LogP contribution in [0.3, 0.4) is 0 Å². The van der Waals surface area contributed by atoms with Crippen molar-refractivity contribution in [1.29, 1.82) is 0 Å². The highest BCUT2D eigenvalue weighted by Gasteiger charge is 2.10. The largest absolute Gasteiger partial charge is 0.483 e. The van der Waals surface area contributed by atoms with E-state index in [9.17, 15) is 4.79 Å². The molecule has 3 rings (SSSR count). The van der Waals surface area contributed by atoms with Gasteiger partial charge < -0.3 is 9.72 Å². The van der Waals surface area contributed by atoms with Crippen molar-refractivity contribution in [2.24, 2.45) is 5.10 Å². The highest BCUT2D eigenvalue weighted by molar-refractivity contribution is 5.99. The van der Waals surface area contributed by atoms with Crippen LogP contribution in [0.15, 0.2) is 59.8 Å². The number of benzene rings is 2. The van der Waals surface area contributed by atoms with Crippen LogP contribution >= 0.6 is 0 Å². The number of H-pyrrole nitrogens is 1. The molecule has 5 heteroatoms. The molecule has 1 amide bonds. The summed E-state index contributed by atoms with van der Waals surface area (Å²) < 4.78 is 5.69. The second-order valence-electron chi connectivity index (χ2n) is 6.22. The van der Waals surface area contributed by atoms with Gasteiger partial charge in [0.15, 0.2) is 6.61 Å². The zero-order valence-corrected chi connectivity index (χ0v) is 15.0. The van der Waals surface area contributed by atoms with Crippen LogP contribution in [0, 0.1) is 0 Å². The van der Waals surface area contributed by atoms with Gasteiger partial charge in [0.05, 0.1) is 6.21 Å². The summed E-state index contributed by atoms with van der Waals surface area (Å²) in [7, 11) is 0. The van der Waals surface area contributed by atoms with Crippen molar-refractivity contribution in [3.05, 3.63) is 65.9 Å². The monoisotopic (exact) mass is 349 g/mol. The summed E-state index contributed by atoms with van der Waals surface area (Å²) in [6.45, 7) is 4.21. The Morgan fingerprint density at radius 1 is 1.23 bits per heavy atom. The minimum atomic E-state index is -0.292. The van der Waals surface area contributed by atoms with Gasteiger partial charge in [-0.15, -0.1) is 0 Å². The number of para-hydroxylation sites is 2. The van der Waals surface area contributed by atoms with E-state index in [1.165, 1.54) is 0 Å². The zero-order chi connectivity index (χ0) is 18.4. The summed E-state index contributed by atoms with van der Waals surface area (Å²) in [4.78, 5) is 15.2. The molecule has 1 unspecified atom stereocenters. The van der Waals surface area contributed by atoms with Gasteiger partial charge in [0, 0.05) is 22.7 Å². The van der Waals surface area contributed by atoms with Gasteiger partial charge >= 0.3 is 0 Å². The summed E-state index contributed by atoms with van der Waals surface area (Å²) in [5.74, 6) is 0.840. The molecule has 2 aromatic carbocycles. The molecule has 0 aliphatic rings. The van der Waals surface area contributed by atoms with Crippen molar-refractivity contribution in [2.45, 2.75) is 26.2 Å². The molecule has 0 spiro atoms. The average molecular weight is 349 g/mol. The fraction of sp³-hybridized carbons (Fsp3) is 0.238. The number of nitrogens with zero attached hydrogens (tertiary/aromatic N) is 1. The lowest BCUT2D eigenvalue weighted by molar-refractivity contribution is -0.123. The van der Waals surface area contributed by atoms with Crippen LogP contribution in [0.4, 0.5) is 0 Å². The Labute approximate surface area is 153 Å². The predicted octanol–water partition coefficient (Wildman–Crippen LogP) is 4.21. The van der Waals surface area contributed by atoms with Crippen LogP contribution in [0.5, 0.6) is 5.75 Å². The Bertz CT molecular complexity index is 914. The maximum Gasteiger partial charge on any atom is 0.277 e. The first-order chi connectivity index (χ1) is 12.7. The highest BCUT2D eigenvalue weighted by Crippen LogP contribution is 2.28. The summed E-state index contributed by atoms with van der Waals surface area (Å²) in [6, 6.07) is 15.8. The number of ether oxygens (including phenoxy) is 1. The lowest BCUT2D eigenvalue weighted by Crippen LogP contribution is -2.24. The molecular weight excluding hydrogens is 326 g/mol. The van der Waals surface area contributed by atoms with Crippen molar-refractivity contribution in [3.8, 4) is 5.75 Å². The van der Waals surface area contributed by atoms with Crippen LogP contribution in [-0.2, 0) is 4.79 Å². The average Bonchev–Trinajstić information content (AvgIpc) is 3.09. The molecule has 26 heavy (non-hydrogen) atoms. The van der Waals surface area contributed by atoms with Gasteiger partial charge in [0.2, 0.25) is 0 Å². The highest BCUT2D eigenvalue weighted by atomic mass is 16.5. The number of hydrazone groups is 1. The molecule has 0 aliphatic carbocycles. The quantitative estimate of drug-likeness (QED) is 0.496. The number of carbonyl (C=O) groups excluding carboxylic acids is 1. The van der Waals surface area contributed by atoms with E-state index in [0.717, 1.165) is 34.2 Å². The molecule has 2 N–H and O–H groups in total. The second kappa shape index (κ2) is 8.34. The summed E-state index contributed by atoms with van der Waals surface area (Å²) in [5.41, 5.74) is 5.58. The lowest BCUT2D eigenvalue weighted by Gasteiger charge is -2.15. The Balaban J connectivity index is 1.57. The minimum Gasteiger partial charge on any atom is -0.483 e. The van der Waals surface area contributed by atoms with Gasteiger partial charge in [-0.2, -0.15) is 5.10 Å². The number of amides is 1. The van der Waals surface area contributed by atoms with E-state index in [0.29, 0.717) is 5.92 Å². The lowest BCUT2D eigenvalue weighted by atomic mass is 9.98. The third-order valence-electron chi connectivity index (χ3n) is 4.44. The summed E-state index contributed by atoms with van der Waals surface area (Å²) in [6.07, 6.45) is 4.50. The van der Waals surface area contributed by atoms with Gasteiger partial charge in [-0.05, 0) is 30.0 Å². The third-order valence-corrected chi connectivity index (χ3v) is 4.44. The Morgan fingerprint density at radius 3 is 2.85 bits per heavy atom. The Hall–Kier alpha value is -3.08. The van der Waals surface area contributed by atoms with Crippen LogP contribution in [0.2, 0.25) is 0 Å². The summed E-state index contributed by atoms with van der Waals surface area (Å²) >= 11 is 0. The number of hydrogen-bond donors (Lipinski definition) is 2. The van der Waals surface area contributed by atoms with Crippen molar-refractivity contribution in [1.82, 2.24) is 10.4 Å². The van der Waals surface area contributed by atoms with Crippen LogP contribution in [0.25, 0.3) is 10.9 Å². The number of carbonyl (C=O) groups is 1. The topological polar surface area (TPSA) is 66.5 Å². The van der Waals surface area contributed by atoms with Crippen molar-refractivity contribution in [3.63, 3.8) is 0 Å². The molecule has 0 saturated heterocycles. The molecule has 5 nitrogen and oxygen atoms in total. The number of nitrogens with one attached hydrogen (secondary N) is 2. The number of hydrogen-bond acceptors (Lipinski definition) is 3. The van der Waals surface area contributed by atoms with E-state index in [1.807, 2.05) is 54.7 Å². The smallest absolute Gasteiger partial charge is 0.277 e. The SMILES string of the molecule is CCC(C)c1ccccc1OCC(=O)NN=Cc1c[nH]c2ccccc12. The minimum absolute atomic E-state index is 0.0708. The first-order valence-corrected chi connectivity index (χ1v) is 8.78. The fourth-order valence-corrected chi connectivity index (χ4v) is 2.79. The fourth-order valence-electron chi connectivity index (χ4n) is 2.79. The van der Waals surface area contributed by atoms with Crippen molar-refractivity contribution < 1.29 is 9.53 Å². The van der Waals surface area contributed by atoms with Crippen LogP contribution in [0.1, 0.15) is 37.3 Å². The van der Waals surface area contributed by atoms with Crippen LogP contribution < -0.4 is 10.2 Å². The normalized spacial score (nSPS) is 12.4. The number of fused-ring (bicyclic) bond motifs is 1. The standard InChI is InChI=1S/C21H23N3O2/c1-3-15(2)17-8-5-7-11-20(17)26-14-21(25)24-23-13-16-12-22-19-10-6-4-9-18(16)19/h4-13,15,22H,3,14H2,1-2H3,(H,24,25). The Kier molecular flexibility index (Phi) is 5.69. The second-order valence-corrected chi connectivity index (χ2v) is 6.22. The number of rotatable bonds is 7. The van der Waals surface area contributed by atoms with Crippen molar-refractivity contribution in [2.75, 3.05) is 6.61 Å². The maximum absolute atomic E-state index is 12.0. The maximum atomic E-state index is 12.0. The molecule has 3 aromatic rings. The first kappa shape index (κ1) is 17.7. The Morgan fingerprint density at radius 2 is 2.00 bits per heavy atom. The number of aromatic nitrogens is 1. The van der Waals surface area contributed by atoms with E-state index in [4.69, 9.17) is 4.74 Å². The zero-order valence-electron chi connectivity index (χ0n) is 15.0. The van der Waals surface area contributed by atoms with E-state index in [1.54, 1.807) is 6.21 Å². The molecule has 0 bridgehead atoms. The van der Waals surface area contributed by atoms with Gasteiger partial charge in [0.25, 0.3) is 5.91 Å². The molecule has 0 saturated carbocycles. The number of aromatic amines is 1. The molecule has 1 aromatic heterocycles. The van der Waals surface area contributed by atoms with Gasteiger partial charge in [0.1, 0.15) is 5.75 Å². The molecule has 0 radical (unpaired) electrons. The summed E-state index contributed by atoms with van der Waals surface area (Å²) in [5, 5.41) is 5.08.